The van der Waals surface area contributed by atoms with E-state index >= 15 is 0 Å². The SMILES string of the molecule is Cc1cc(C)cc(NC(=O)c2ccccc2NS(=O)(=O)c2ccccc2)c1. The molecule has 0 saturated carbocycles. The van der Waals surface area contributed by atoms with Crippen LogP contribution in [0.4, 0.5) is 11.4 Å². The lowest BCUT2D eigenvalue weighted by Crippen LogP contribution is -2.18. The van der Waals surface area contributed by atoms with Gasteiger partial charge >= 0.3 is 0 Å². The van der Waals surface area contributed by atoms with Gasteiger partial charge in [0.05, 0.1) is 16.1 Å². The van der Waals surface area contributed by atoms with Gasteiger partial charge in [-0.3, -0.25) is 9.52 Å². The molecule has 6 heteroatoms. The first-order chi connectivity index (χ1) is 12.8. The predicted octanol–water partition coefficient (Wildman–Crippen LogP) is 4.36. The molecular weight excluding hydrogens is 360 g/mol. The summed E-state index contributed by atoms with van der Waals surface area (Å²) >= 11 is 0. The maximum Gasteiger partial charge on any atom is 0.261 e. The number of nitrogens with one attached hydrogen (secondary N) is 2. The van der Waals surface area contributed by atoms with E-state index < -0.39 is 10.0 Å². The minimum Gasteiger partial charge on any atom is -0.322 e. The number of rotatable bonds is 5. The molecule has 1 amide bonds. The first kappa shape index (κ1) is 18.7. The van der Waals surface area contributed by atoms with Crippen molar-refractivity contribution in [3.8, 4) is 0 Å². The molecule has 3 aromatic rings. The zero-order valence-corrected chi connectivity index (χ0v) is 15.9. The highest BCUT2D eigenvalue weighted by Crippen LogP contribution is 2.22. The summed E-state index contributed by atoms with van der Waals surface area (Å²) in [4.78, 5) is 12.9. The normalized spacial score (nSPS) is 11.0. The molecule has 0 bridgehead atoms. The summed E-state index contributed by atoms with van der Waals surface area (Å²) in [6.07, 6.45) is 0. The Morgan fingerprint density at radius 2 is 1.41 bits per heavy atom. The van der Waals surface area contributed by atoms with Crippen LogP contribution in [-0.4, -0.2) is 14.3 Å². The minimum absolute atomic E-state index is 0.134. The van der Waals surface area contributed by atoms with E-state index in [9.17, 15) is 13.2 Å². The maximum atomic E-state index is 12.7. The molecule has 0 aliphatic carbocycles. The number of carbonyl (C=O) groups excluding carboxylic acids is 1. The number of anilines is 2. The van der Waals surface area contributed by atoms with Gasteiger partial charge in [0.15, 0.2) is 0 Å². The van der Waals surface area contributed by atoms with Gasteiger partial charge in [-0.1, -0.05) is 36.4 Å². The van der Waals surface area contributed by atoms with Crippen molar-refractivity contribution >= 4 is 27.3 Å². The molecule has 0 radical (unpaired) electrons. The Bertz CT molecular complexity index is 1060. The number of carbonyl (C=O) groups is 1. The lowest BCUT2D eigenvalue weighted by molar-refractivity contribution is 0.102. The van der Waals surface area contributed by atoms with Crippen LogP contribution >= 0.6 is 0 Å². The van der Waals surface area contributed by atoms with E-state index in [0.717, 1.165) is 11.1 Å². The average Bonchev–Trinajstić information content (AvgIpc) is 2.61. The van der Waals surface area contributed by atoms with Gasteiger partial charge in [0.1, 0.15) is 0 Å². The topological polar surface area (TPSA) is 75.3 Å². The van der Waals surface area contributed by atoms with Gasteiger partial charge in [-0.2, -0.15) is 0 Å². The number of para-hydroxylation sites is 1. The molecule has 0 heterocycles. The third kappa shape index (κ3) is 4.54. The maximum absolute atomic E-state index is 12.7. The quantitative estimate of drug-likeness (QED) is 0.691. The van der Waals surface area contributed by atoms with Crippen molar-refractivity contribution in [3.05, 3.63) is 89.5 Å². The monoisotopic (exact) mass is 380 g/mol. The lowest BCUT2D eigenvalue weighted by atomic mass is 10.1. The van der Waals surface area contributed by atoms with Crippen molar-refractivity contribution in [1.82, 2.24) is 0 Å². The number of sulfonamides is 1. The smallest absolute Gasteiger partial charge is 0.261 e. The second-order valence-corrected chi connectivity index (χ2v) is 7.98. The van der Waals surface area contributed by atoms with Crippen molar-refractivity contribution < 1.29 is 13.2 Å². The highest BCUT2D eigenvalue weighted by molar-refractivity contribution is 7.92. The lowest BCUT2D eigenvalue weighted by Gasteiger charge is -2.13. The van der Waals surface area contributed by atoms with E-state index in [1.807, 2.05) is 32.0 Å². The van der Waals surface area contributed by atoms with Crippen molar-refractivity contribution in [2.75, 3.05) is 10.0 Å². The first-order valence-electron chi connectivity index (χ1n) is 8.42. The molecule has 138 valence electrons. The Morgan fingerprint density at radius 3 is 2.07 bits per heavy atom. The average molecular weight is 380 g/mol. The van der Waals surface area contributed by atoms with E-state index in [0.29, 0.717) is 5.69 Å². The highest BCUT2D eigenvalue weighted by Gasteiger charge is 2.18. The Kier molecular flexibility index (Phi) is 5.28. The fourth-order valence-corrected chi connectivity index (χ4v) is 3.92. The van der Waals surface area contributed by atoms with Crippen molar-refractivity contribution in [2.45, 2.75) is 18.7 Å². The molecule has 27 heavy (non-hydrogen) atoms. The van der Waals surface area contributed by atoms with Crippen LogP contribution in [0.15, 0.2) is 77.7 Å². The zero-order chi connectivity index (χ0) is 19.4. The molecule has 0 aliphatic heterocycles. The molecule has 2 N–H and O–H groups in total. The minimum atomic E-state index is -3.79. The molecule has 0 atom stereocenters. The van der Waals surface area contributed by atoms with Gasteiger partial charge in [0.25, 0.3) is 15.9 Å². The van der Waals surface area contributed by atoms with Crippen LogP contribution in [0, 0.1) is 13.8 Å². The summed E-state index contributed by atoms with van der Waals surface area (Å²) in [6.45, 7) is 3.90. The van der Waals surface area contributed by atoms with E-state index in [1.165, 1.54) is 12.1 Å². The van der Waals surface area contributed by atoms with Crippen LogP contribution in [0.25, 0.3) is 0 Å². The van der Waals surface area contributed by atoms with Gasteiger partial charge in [-0.15, -0.1) is 0 Å². The van der Waals surface area contributed by atoms with E-state index in [4.69, 9.17) is 0 Å². The van der Waals surface area contributed by atoms with Gasteiger partial charge in [-0.05, 0) is 61.4 Å². The molecular formula is C21H20N2O3S. The Hall–Kier alpha value is -3.12. The van der Waals surface area contributed by atoms with Crippen LogP contribution in [0.2, 0.25) is 0 Å². The van der Waals surface area contributed by atoms with E-state index in [1.54, 1.807) is 42.5 Å². The second kappa shape index (κ2) is 7.63. The molecule has 0 unspecified atom stereocenters. The molecule has 0 saturated heterocycles. The van der Waals surface area contributed by atoms with Gasteiger partial charge in [0.2, 0.25) is 0 Å². The Morgan fingerprint density at radius 1 is 0.815 bits per heavy atom. The third-order valence-electron chi connectivity index (χ3n) is 3.95. The van der Waals surface area contributed by atoms with Crippen molar-refractivity contribution in [3.63, 3.8) is 0 Å². The largest absolute Gasteiger partial charge is 0.322 e. The zero-order valence-electron chi connectivity index (χ0n) is 15.1. The fourth-order valence-electron chi connectivity index (χ4n) is 2.82. The summed E-state index contributed by atoms with van der Waals surface area (Å²) in [5.41, 5.74) is 3.20. The van der Waals surface area contributed by atoms with Crippen molar-refractivity contribution in [1.29, 1.82) is 0 Å². The van der Waals surface area contributed by atoms with Crippen molar-refractivity contribution in [2.24, 2.45) is 0 Å². The van der Waals surface area contributed by atoms with Crippen LogP contribution in [0.1, 0.15) is 21.5 Å². The van der Waals surface area contributed by atoms with E-state index in [2.05, 4.69) is 10.0 Å². The van der Waals surface area contributed by atoms with Gasteiger partial charge in [0, 0.05) is 5.69 Å². The van der Waals surface area contributed by atoms with Crippen LogP contribution < -0.4 is 10.0 Å². The van der Waals surface area contributed by atoms with E-state index in [-0.39, 0.29) is 22.1 Å². The number of hydrogen-bond acceptors (Lipinski definition) is 3. The molecule has 5 nitrogen and oxygen atoms in total. The van der Waals surface area contributed by atoms with Gasteiger partial charge < -0.3 is 5.32 Å². The number of benzene rings is 3. The first-order valence-corrected chi connectivity index (χ1v) is 9.90. The highest BCUT2D eigenvalue weighted by atomic mass is 32.2. The fraction of sp³-hybridized carbons (Fsp3) is 0.0952. The number of aryl methyl sites for hydroxylation is 2. The summed E-state index contributed by atoms with van der Waals surface area (Å²) in [7, 11) is -3.79. The van der Waals surface area contributed by atoms with Crippen LogP contribution in [-0.2, 0) is 10.0 Å². The number of hydrogen-bond donors (Lipinski definition) is 2. The van der Waals surface area contributed by atoms with Crippen LogP contribution in [0.5, 0.6) is 0 Å². The Labute approximate surface area is 159 Å². The molecule has 0 aromatic heterocycles. The molecule has 3 aromatic carbocycles. The molecule has 0 aliphatic rings. The third-order valence-corrected chi connectivity index (χ3v) is 5.33. The molecule has 3 rings (SSSR count). The van der Waals surface area contributed by atoms with Crippen LogP contribution in [0.3, 0.4) is 0 Å². The standard InChI is InChI=1S/C21H20N2O3S/c1-15-12-16(2)14-17(13-15)22-21(24)19-10-6-7-11-20(19)23-27(25,26)18-8-4-3-5-9-18/h3-14,23H,1-2H3,(H,22,24). The summed E-state index contributed by atoms with van der Waals surface area (Å²) < 4.78 is 27.7. The molecule has 0 spiro atoms. The second-order valence-electron chi connectivity index (χ2n) is 6.29. The molecule has 0 fully saturated rings. The Balaban J connectivity index is 1.88. The number of amides is 1. The predicted molar refractivity (Wildman–Crippen MR) is 108 cm³/mol. The van der Waals surface area contributed by atoms with Gasteiger partial charge in [-0.25, -0.2) is 8.42 Å². The summed E-state index contributed by atoms with van der Waals surface area (Å²) in [6, 6.07) is 20.3. The summed E-state index contributed by atoms with van der Waals surface area (Å²) in [5, 5.41) is 2.83. The summed E-state index contributed by atoms with van der Waals surface area (Å²) in [5.74, 6) is -0.383.